The molecule has 4 nitrogen and oxygen atoms in total. The van der Waals surface area contributed by atoms with E-state index in [4.69, 9.17) is 9.84 Å². The smallest absolute Gasteiger partial charge is 0.410 e. The highest BCUT2D eigenvalue weighted by atomic mass is 16.6. The second-order valence-corrected chi connectivity index (χ2v) is 3.64. The van der Waals surface area contributed by atoms with Crippen molar-refractivity contribution in [3.05, 3.63) is 60.2 Å². The van der Waals surface area contributed by atoms with E-state index in [1.54, 1.807) is 48.5 Å². The fraction of sp³-hybridized carbons (Fsp3) is 0.0714. The first kappa shape index (κ1) is 12.1. The molecule has 0 aliphatic rings. The summed E-state index contributed by atoms with van der Waals surface area (Å²) in [4.78, 5) is 11.6. The second-order valence-electron chi connectivity index (χ2n) is 3.64. The third kappa shape index (κ3) is 3.09. The Hall–Kier alpha value is -2.33. The van der Waals surface area contributed by atoms with Crippen molar-refractivity contribution >= 4 is 11.8 Å². The van der Waals surface area contributed by atoms with Crippen LogP contribution in [0.15, 0.2) is 54.6 Å². The molecule has 92 valence electrons. The molecule has 2 aromatic rings. The van der Waals surface area contributed by atoms with Gasteiger partial charge in [0, 0.05) is 11.3 Å². The molecule has 0 bridgehead atoms. The largest absolute Gasteiger partial charge is 0.417 e. The van der Waals surface area contributed by atoms with Crippen molar-refractivity contribution in [3.8, 4) is 5.75 Å². The first-order valence-corrected chi connectivity index (χ1v) is 5.52. The topological polar surface area (TPSA) is 58.6 Å². The maximum absolute atomic E-state index is 11.6. The van der Waals surface area contributed by atoms with E-state index in [-0.39, 0.29) is 6.61 Å². The molecule has 0 aromatic heterocycles. The summed E-state index contributed by atoms with van der Waals surface area (Å²) in [6.07, 6.45) is -0.581. The molecule has 18 heavy (non-hydrogen) atoms. The summed E-state index contributed by atoms with van der Waals surface area (Å²) in [5.41, 5.74) is 1.18. The van der Waals surface area contributed by atoms with Gasteiger partial charge in [-0.1, -0.05) is 36.4 Å². The van der Waals surface area contributed by atoms with E-state index in [1.807, 2.05) is 6.07 Å². The molecule has 0 aliphatic carbocycles. The van der Waals surface area contributed by atoms with E-state index in [1.165, 1.54) is 0 Å². The normalized spacial score (nSPS) is 9.83. The molecule has 2 rings (SSSR count). The molecule has 0 radical (unpaired) electrons. The molecule has 0 fully saturated rings. The second kappa shape index (κ2) is 5.84. The van der Waals surface area contributed by atoms with Crippen LogP contribution in [0.3, 0.4) is 0 Å². The van der Waals surface area contributed by atoms with Crippen molar-refractivity contribution in [2.24, 2.45) is 0 Å². The van der Waals surface area contributed by atoms with Gasteiger partial charge in [0.15, 0.2) is 0 Å². The van der Waals surface area contributed by atoms with Crippen molar-refractivity contribution in [2.75, 3.05) is 5.32 Å². The van der Waals surface area contributed by atoms with Crippen LogP contribution in [-0.4, -0.2) is 11.2 Å². The number of benzene rings is 2. The molecule has 2 N–H and O–H groups in total. The van der Waals surface area contributed by atoms with E-state index in [0.717, 1.165) is 0 Å². The number of para-hydroxylation sites is 2. The number of hydrogen-bond acceptors (Lipinski definition) is 3. The van der Waals surface area contributed by atoms with Gasteiger partial charge in [0.1, 0.15) is 5.75 Å². The summed E-state index contributed by atoms with van der Waals surface area (Å²) in [6.45, 7) is -0.137. The van der Waals surface area contributed by atoms with Crippen LogP contribution >= 0.6 is 0 Å². The van der Waals surface area contributed by atoms with E-state index < -0.39 is 6.09 Å². The van der Waals surface area contributed by atoms with Gasteiger partial charge in [-0.25, -0.2) is 4.79 Å². The standard InChI is InChI=1S/C14H13NO3/c16-10-11-6-4-5-9-13(11)15-14(17)18-12-7-2-1-3-8-12/h1-9,16H,10H2,(H,15,17). The van der Waals surface area contributed by atoms with Crippen molar-refractivity contribution in [3.63, 3.8) is 0 Å². The fourth-order valence-corrected chi connectivity index (χ4v) is 1.51. The number of ether oxygens (including phenoxy) is 1. The lowest BCUT2D eigenvalue weighted by atomic mass is 10.2. The van der Waals surface area contributed by atoms with Crippen LogP contribution in [0.4, 0.5) is 10.5 Å². The summed E-state index contributed by atoms with van der Waals surface area (Å²) in [5.74, 6) is 0.469. The Balaban J connectivity index is 2.03. The maximum atomic E-state index is 11.6. The van der Waals surface area contributed by atoms with Gasteiger partial charge in [0.25, 0.3) is 0 Å². The van der Waals surface area contributed by atoms with Gasteiger partial charge < -0.3 is 9.84 Å². The zero-order chi connectivity index (χ0) is 12.8. The molecule has 0 heterocycles. The number of anilines is 1. The summed E-state index contributed by atoms with van der Waals surface area (Å²) in [5, 5.41) is 11.7. The highest BCUT2D eigenvalue weighted by Crippen LogP contribution is 2.16. The van der Waals surface area contributed by atoms with Crippen molar-refractivity contribution in [1.82, 2.24) is 0 Å². The number of carbonyl (C=O) groups excluding carboxylic acids is 1. The molecular formula is C14H13NO3. The third-order valence-electron chi connectivity index (χ3n) is 2.38. The van der Waals surface area contributed by atoms with Crippen LogP contribution < -0.4 is 10.1 Å². The fourth-order valence-electron chi connectivity index (χ4n) is 1.51. The Labute approximate surface area is 105 Å². The number of hydrogen-bond donors (Lipinski definition) is 2. The van der Waals surface area contributed by atoms with Crippen molar-refractivity contribution in [1.29, 1.82) is 0 Å². The van der Waals surface area contributed by atoms with Gasteiger partial charge >= 0.3 is 6.09 Å². The monoisotopic (exact) mass is 243 g/mol. The SMILES string of the molecule is O=C(Nc1ccccc1CO)Oc1ccccc1. The lowest BCUT2D eigenvalue weighted by Gasteiger charge is -2.09. The molecule has 0 atom stereocenters. The van der Waals surface area contributed by atoms with Gasteiger partial charge in [-0.05, 0) is 18.2 Å². The minimum Gasteiger partial charge on any atom is -0.410 e. The predicted octanol–water partition coefficient (Wildman–Crippen LogP) is 2.79. The average Bonchev–Trinajstić information content (AvgIpc) is 2.40. The van der Waals surface area contributed by atoms with E-state index in [9.17, 15) is 4.79 Å². The van der Waals surface area contributed by atoms with Crippen LogP contribution in [0.25, 0.3) is 0 Å². The van der Waals surface area contributed by atoms with Gasteiger partial charge in [-0.3, -0.25) is 5.32 Å². The minimum atomic E-state index is -0.581. The van der Waals surface area contributed by atoms with E-state index in [2.05, 4.69) is 5.32 Å². The van der Waals surface area contributed by atoms with Gasteiger partial charge in [-0.15, -0.1) is 0 Å². The van der Waals surface area contributed by atoms with Gasteiger partial charge in [0.05, 0.1) is 6.61 Å². The molecule has 2 aromatic carbocycles. The molecule has 0 unspecified atom stereocenters. The van der Waals surface area contributed by atoms with Crippen molar-refractivity contribution in [2.45, 2.75) is 6.61 Å². The summed E-state index contributed by atoms with van der Waals surface area (Å²) in [6, 6.07) is 15.8. The minimum absolute atomic E-state index is 0.137. The number of aliphatic hydroxyl groups excluding tert-OH is 1. The van der Waals surface area contributed by atoms with E-state index in [0.29, 0.717) is 17.0 Å². The molecule has 0 saturated carbocycles. The highest BCUT2D eigenvalue weighted by Gasteiger charge is 2.07. The number of amides is 1. The predicted molar refractivity (Wildman–Crippen MR) is 68.5 cm³/mol. The average molecular weight is 243 g/mol. The molecule has 0 saturated heterocycles. The van der Waals surface area contributed by atoms with Gasteiger partial charge in [0.2, 0.25) is 0 Å². The van der Waals surface area contributed by atoms with Crippen LogP contribution in [0.2, 0.25) is 0 Å². The number of carbonyl (C=O) groups is 1. The van der Waals surface area contributed by atoms with Gasteiger partial charge in [-0.2, -0.15) is 0 Å². The number of nitrogens with one attached hydrogen (secondary N) is 1. The lowest BCUT2D eigenvalue weighted by Crippen LogP contribution is -2.17. The molecule has 0 aliphatic heterocycles. The number of rotatable bonds is 3. The Morgan fingerprint density at radius 1 is 1.06 bits per heavy atom. The zero-order valence-corrected chi connectivity index (χ0v) is 9.67. The maximum Gasteiger partial charge on any atom is 0.417 e. The van der Waals surface area contributed by atoms with Crippen LogP contribution in [0.5, 0.6) is 5.75 Å². The molecule has 4 heteroatoms. The zero-order valence-electron chi connectivity index (χ0n) is 9.67. The summed E-state index contributed by atoms with van der Waals surface area (Å²) < 4.78 is 5.09. The molecular weight excluding hydrogens is 230 g/mol. The summed E-state index contributed by atoms with van der Waals surface area (Å²) >= 11 is 0. The quantitative estimate of drug-likeness (QED) is 0.871. The summed E-state index contributed by atoms with van der Waals surface area (Å²) in [7, 11) is 0. The first-order chi connectivity index (χ1) is 8.79. The molecule has 0 spiro atoms. The van der Waals surface area contributed by atoms with E-state index >= 15 is 0 Å². The lowest BCUT2D eigenvalue weighted by molar-refractivity contribution is 0.215. The van der Waals surface area contributed by atoms with Crippen molar-refractivity contribution < 1.29 is 14.6 Å². The number of aliphatic hydroxyl groups is 1. The Morgan fingerprint density at radius 3 is 2.44 bits per heavy atom. The van der Waals surface area contributed by atoms with Crippen LogP contribution in [-0.2, 0) is 6.61 Å². The van der Waals surface area contributed by atoms with Crippen LogP contribution in [0.1, 0.15) is 5.56 Å². The van der Waals surface area contributed by atoms with Crippen LogP contribution in [0, 0.1) is 0 Å². The first-order valence-electron chi connectivity index (χ1n) is 5.52. The Kier molecular flexibility index (Phi) is 3.94. The Morgan fingerprint density at radius 2 is 1.72 bits per heavy atom. The molecule has 1 amide bonds. The Bertz CT molecular complexity index is 526. The highest BCUT2D eigenvalue weighted by molar-refractivity contribution is 5.87. The third-order valence-corrected chi connectivity index (χ3v) is 2.38.